The third-order valence-electron chi connectivity index (χ3n) is 2.92. The molecule has 0 bridgehead atoms. The summed E-state index contributed by atoms with van der Waals surface area (Å²) in [4.78, 5) is 2.20. The van der Waals surface area contributed by atoms with Gasteiger partial charge in [0.15, 0.2) is 0 Å². The molecule has 0 aromatic carbocycles. The zero-order valence-electron chi connectivity index (χ0n) is 11.3. The molecule has 0 aromatic rings. The molecule has 0 saturated carbocycles. The van der Waals surface area contributed by atoms with Crippen molar-refractivity contribution in [2.45, 2.75) is 38.8 Å². The molecule has 0 aliphatic rings. The lowest BCUT2D eigenvalue weighted by atomic mass is 10.0. The molecular formula is C12H27NO3. The smallest absolute Gasteiger partial charge is 0.0743 e. The van der Waals surface area contributed by atoms with E-state index in [4.69, 9.17) is 9.47 Å². The highest BCUT2D eigenvalue weighted by Crippen LogP contribution is 2.13. The van der Waals surface area contributed by atoms with E-state index >= 15 is 0 Å². The summed E-state index contributed by atoms with van der Waals surface area (Å²) in [5.41, 5.74) is -0.643. The number of hydrogen-bond donors (Lipinski definition) is 1. The zero-order valence-corrected chi connectivity index (χ0v) is 11.3. The maximum absolute atomic E-state index is 10.1. The van der Waals surface area contributed by atoms with Crippen molar-refractivity contribution in [3.63, 3.8) is 0 Å². The van der Waals surface area contributed by atoms with Gasteiger partial charge in [0.05, 0.1) is 18.8 Å². The number of hydrogen-bond acceptors (Lipinski definition) is 4. The Morgan fingerprint density at radius 3 is 2.38 bits per heavy atom. The molecule has 0 aromatic heterocycles. The quantitative estimate of drug-likeness (QED) is 0.648. The maximum Gasteiger partial charge on any atom is 0.0743 e. The standard InChI is InChI=1S/C12H27NO3/c1-6-12(3,14)10-13(7-8-15-4)11(2)9-16-5/h11,14H,6-10H2,1-5H3. The second-order valence-electron chi connectivity index (χ2n) is 4.62. The van der Waals surface area contributed by atoms with Gasteiger partial charge in [-0.1, -0.05) is 6.92 Å². The Morgan fingerprint density at radius 1 is 1.31 bits per heavy atom. The van der Waals surface area contributed by atoms with Crippen LogP contribution in [0.5, 0.6) is 0 Å². The molecule has 0 aliphatic heterocycles. The maximum atomic E-state index is 10.1. The van der Waals surface area contributed by atoms with Gasteiger partial charge in [0.1, 0.15) is 0 Å². The molecule has 0 rings (SSSR count). The van der Waals surface area contributed by atoms with Gasteiger partial charge in [-0.25, -0.2) is 0 Å². The topological polar surface area (TPSA) is 41.9 Å². The molecular weight excluding hydrogens is 206 g/mol. The van der Waals surface area contributed by atoms with Gasteiger partial charge in [-0.15, -0.1) is 0 Å². The highest BCUT2D eigenvalue weighted by molar-refractivity contribution is 4.79. The highest BCUT2D eigenvalue weighted by Gasteiger charge is 2.24. The minimum atomic E-state index is -0.643. The molecule has 0 aliphatic carbocycles. The average molecular weight is 233 g/mol. The number of ether oxygens (including phenoxy) is 2. The molecule has 0 spiro atoms. The Labute approximate surface area is 99.5 Å². The number of nitrogens with zero attached hydrogens (tertiary/aromatic N) is 1. The molecule has 0 radical (unpaired) electrons. The fourth-order valence-electron chi connectivity index (χ4n) is 1.56. The van der Waals surface area contributed by atoms with Crippen molar-refractivity contribution in [1.82, 2.24) is 4.90 Å². The Balaban J connectivity index is 4.29. The van der Waals surface area contributed by atoms with E-state index < -0.39 is 5.60 Å². The molecule has 0 fully saturated rings. The number of methoxy groups -OCH3 is 2. The summed E-state index contributed by atoms with van der Waals surface area (Å²) in [5.74, 6) is 0. The van der Waals surface area contributed by atoms with Crippen molar-refractivity contribution >= 4 is 0 Å². The Bertz CT molecular complexity index is 174. The summed E-state index contributed by atoms with van der Waals surface area (Å²) >= 11 is 0. The van der Waals surface area contributed by atoms with Crippen LogP contribution in [0.4, 0.5) is 0 Å². The summed E-state index contributed by atoms with van der Waals surface area (Å²) in [6.07, 6.45) is 0.746. The fourth-order valence-corrected chi connectivity index (χ4v) is 1.56. The molecule has 1 N–H and O–H groups in total. The summed E-state index contributed by atoms with van der Waals surface area (Å²) < 4.78 is 10.2. The van der Waals surface area contributed by atoms with Crippen molar-refractivity contribution in [3.05, 3.63) is 0 Å². The molecule has 2 unspecified atom stereocenters. The predicted molar refractivity (Wildman–Crippen MR) is 65.7 cm³/mol. The first-order chi connectivity index (χ1) is 7.46. The van der Waals surface area contributed by atoms with E-state index in [1.54, 1.807) is 14.2 Å². The average Bonchev–Trinajstić information content (AvgIpc) is 2.24. The summed E-state index contributed by atoms with van der Waals surface area (Å²) in [6, 6.07) is 0.290. The van der Waals surface area contributed by atoms with Crippen molar-refractivity contribution < 1.29 is 14.6 Å². The van der Waals surface area contributed by atoms with Crippen molar-refractivity contribution in [3.8, 4) is 0 Å². The number of rotatable bonds is 9. The highest BCUT2D eigenvalue weighted by atomic mass is 16.5. The van der Waals surface area contributed by atoms with Crippen LogP contribution in [-0.2, 0) is 9.47 Å². The summed E-state index contributed by atoms with van der Waals surface area (Å²) in [5, 5.41) is 10.1. The van der Waals surface area contributed by atoms with Crippen LogP contribution in [0, 0.1) is 0 Å². The van der Waals surface area contributed by atoms with Gasteiger partial charge in [-0.2, -0.15) is 0 Å². The van der Waals surface area contributed by atoms with Crippen molar-refractivity contribution in [2.24, 2.45) is 0 Å². The van der Waals surface area contributed by atoms with Crippen LogP contribution in [0.2, 0.25) is 0 Å². The van der Waals surface area contributed by atoms with Crippen LogP contribution in [0.1, 0.15) is 27.2 Å². The molecule has 4 heteroatoms. The molecule has 2 atom stereocenters. The number of aliphatic hydroxyl groups is 1. The SMILES string of the molecule is CCC(C)(O)CN(CCOC)C(C)COC. The van der Waals surface area contributed by atoms with Crippen molar-refractivity contribution in [2.75, 3.05) is 40.5 Å². The molecule has 0 saturated heterocycles. The molecule has 4 nitrogen and oxygen atoms in total. The van der Waals surface area contributed by atoms with E-state index in [0.29, 0.717) is 19.8 Å². The molecule has 0 amide bonds. The van der Waals surface area contributed by atoms with Gasteiger partial charge < -0.3 is 14.6 Å². The largest absolute Gasteiger partial charge is 0.389 e. The first-order valence-electron chi connectivity index (χ1n) is 5.91. The van der Waals surface area contributed by atoms with Crippen LogP contribution < -0.4 is 0 Å². The van der Waals surface area contributed by atoms with Crippen LogP contribution in [0.3, 0.4) is 0 Å². The molecule has 16 heavy (non-hydrogen) atoms. The molecule has 98 valence electrons. The van der Waals surface area contributed by atoms with Crippen molar-refractivity contribution in [1.29, 1.82) is 0 Å². The van der Waals surface area contributed by atoms with Gasteiger partial charge in [-0.05, 0) is 20.3 Å². The van der Waals surface area contributed by atoms with E-state index in [1.165, 1.54) is 0 Å². The zero-order chi connectivity index (χ0) is 12.6. The van der Waals surface area contributed by atoms with Crippen LogP contribution in [0.15, 0.2) is 0 Å². The summed E-state index contributed by atoms with van der Waals surface area (Å²) in [6.45, 7) is 8.78. The fraction of sp³-hybridized carbons (Fsp3) is 1.00. The third kappa shape index (κ3) is 6.43. The third-order valence-corrected chi connectivity index (χ3v) is 2.92. The van der Waals surface area contributed by atoms with Crippen LogP contribution in [0.25, 0.3) is 0 Å². The monoisotopic (exact) mass is 233 g/mol. The predicted octanol–water partition coefficient (Wildman–Crippen LogP) is 1.13. The lowest BCUT2D eigenvalue weighted by Gasteiger charge is -2.34. The van der Waals surface area contributed by atoms with E-state index in [9.17, 15) is 5.11 Å². The van der Waals surface area contributed by atoms with E-state index in [2.05, 4.69) is 11.8 Å². The van der Waals surface area contributed by atoms with Gasteiger partial charge in [0.25, 0.3) is 0 Å². The summed E-state index contributed by atoms with van der Waals surface area (Å²) in [7, 11) is 3.39. The van der Waals surface area contributed by atoms with E-state index in [0.717, 1.165) is 13.0 Å². The minimum absolute atomic E-state index is 0.290. The first-order valence-corrected chi connectivity index (χ1v) is 5.91. The van der Waals surface area contributed by atoms with Gasteiger partial charge in [-0.3, -0.25) is 4.90 Å². The molecule has 0 heterocycles. The second kappa shape index (κ2) is 8.01. The van der Waals surface area contributed by atoms with E-state index in [-0.39, 0.29) is 6.04 Å². The van der Waals surface area contributed by atoms with Crippen LogP contribution in [-0.4, -0.2) is 62.2 Å². The van der Waals surface area contributed by atoms with E-state index in [1.807, 2.05) is 13.8 Å². The lowest BCUT2D eigenvalue weighted by Crippen LogP contribution is -2.47. The Morgan fingerprint density at radius 2 is 1.94 bits per heavy atom. The first kappa shape index (κ1) is 15.8. The normalized spacial score (nSPS) is 17.4. The van der Waals surface area contributed by atoms with Gasteiger partial charge in [0, 0.05) is 33.4 Å². The lowest BCUT2D eigenvalue weighted by molar-refractivity contribution is -0.0144. The van der Waals surface area contributed by atoms with Gasteiger partial charge >= 0.3 is 0 Å². The Hall–Kier alpha value is -0.160. The van der Waals surface area contributed by atoms with Crippen LogP contribution >= 0.6 is 0 Å². The second-order valence-corrected chi connectivity index (χ2v) is 4.62. The van der Waals surface area contributed by atoms with Gasteiger partial charge in [0.2, 0.25) is 0 Å². The Kier molecular flexibility index (Phi) is 7.93. The minimum Gasteiger partial charge on any atom is -0.389 e.